The number of carbonyl (C=O) groups is 2. The van der Waals surface area contributed by atoms with E-state index in [1.807, 2.05) is 35.2 Å². The maximum atomic E-state index is 13.4. The van der Waals surface area contributed by atoms with Crippen LogP contribution in [0.1, 0.15) is 39.5 Å². The zero-order chi connectivity index (χ0) is 23.4. The molecule has 0 spiro atoms. The third-order valence-electron chi connectivity index (χ3n) is 5.63. The van der Waals surface area contributed by atoms with Crippen LogP contribution in [0.4, 0.5) is 0 Å². The number of carboxylic acids is 1. The van der Waals surface area contributed by atoms with E-state index >= 15 is 0 Å². The number of benzene rings is 2. The van der Waals surface area contributed by atoms with E-state index in [0.29, 0.717) is 40.4 Å². The Hall–Kier alpha value is -2.45. The molecule has 0 unspecified atom stereocenters. The highest BCUT2D eigenvalue weighted by molar-refractivity contribution is 9.11. The summed E-state index contributed by atoms with van der Waals surface area (Å²) in [6, 6.07) is 9.67. The third-order valence-corrected chi connectivity index (χ3v) is 6.89. The Morgan fingerprint density at radius 2 is 1.97 bits per heavy atom. The van der Waals surface area contributed by atoms with Gasteiger partial charge in [-0.3, -0.25) is 14.6 Å². The fourth-order valence-electron chi connectivity index (χ4n) is 3.93. The van der Waals surface area contributed by atoms with Crippen molar-refractivity contribution in [1.29, 1.82) is 0 Å². The predicted octanol–water partition coefficient (Wildman–Crippen LogP) is 4.67. The minimum absolute atomic E-state index is 0.0762. The molecule has 1 heterocycles. The van der Waals surface area contributed by atoms with Crippen LogP contribution >= 0.6 is 31.9 Å². The first kappa shape index (κ1) is 24.2. The van der Waals surface area contributed by atoms with E-state index in [-0.39, 0.29) is 5.91 Å². The minimum atomic E-state index is -0.800. The molecule has 3 rings (SSSR count). The number of aliphatic imine (C=N–C) groups is 1. The molecule has 1 atom stereocenters. The van der Waals surface area contributed by atoms with Crippen molar-refractivity contribution in [3.05, 3.63) is 73.3 Å². The van der Waals surface area contributed by atoms with E-state index in [2.05, 4.69) is 36.9 Å². The summed E-state index contributed by atoms with van der Waals surface area (Å²) in [5.74, 6) is -1.32. The lowest BCUT2D eigenvalue weighted by Gasteiger charge is -2.31. The number of hydrogen-bond donors (Lipinski definition) is 2. The number of amides is 1. The summed E-state index contributed by atoms with van der Waals surface area (Å²) in [7, 11) is 1.67. The zero-order valence-corrected chi connectivity index (χ0v) is 21.1. The topological polar surface area (TPSA) is 96.0 Å². The van der Waals surface area contributed by atoms with Crippen LogP contribution in [-0.4, -0.2) is 41.7 Å². The monoisotopic (exact) mass is 561 g/mol. The molecule has 0 aliphatic carbocycles. The quantitative estimate of drug-likeness (QED) is 0.500. The van der Waals surface area contributed by atoms with Gasteiger partial charge in [0.25, 0.3) is 5.91 Å². The summed E-state index contributed by atoms with van der Waals surface area (Å²) in [5.41, 5.74) is 11.1. The molecule has 168 valence electrons. The van der Waals surface area contributed by atoms with E-state index in [1.54, 1.807) is 20.2 Å². The highest BCUT2D eigenvalue weighted by Gasteiger charge is 2.27. The van der Waals surface area contributed by atoms with Gasteiger partial charge in [0, 0.05) is 47.1 Å². The number of carboxylic acid groups (broad SMARTS) is 1. The second-order valence-corrected chi connectivity index (χ2v) is 9.51. The van der Waals surface area contributed by atoms with Gasteiger partial charge in [-0.15, -0.1) is 0 Å². The van der Waals surface area contributed by atoms with Crippen LogP contribution < -0.4 is 5.73 Å². The van der Waals surface area contributed by atoms with Crippen molar-refractivity contribution in [1.82, 2.24) is 4.90 Å². The summed E-state index contributed by atoms with van der Waals surface area (Å²) in [6.07, 6.45) is 4.33. The van der Waals surface area contributed by atoms with Crippen LogP contribution in [0, 0.1) is 5.92 Å². The molecular formula is C24H25Br2N3O3. The van der Waals surface area contributed by atoms with Gasteiger partial charge < -0.3 is 15.7 Å². The van der Waals surface area contributed by atoms with Crippen molar-refractivity contribution < 1.29 is 14.7 Å². The number of rotatable bonds is 6. The summed E-state index contributed by atoms with van der Waals surface area (Å²) in [4.78, 5) is 30.5. The largest absolute Gasteiger partial charge is 0.481 e. The Bertz CT molecular complexity index is 1090. The lowest BCUT2D eigenvalue weighted by Crippen LogP contribution is -2.37. The van der Waals surface area contributed by atoms with Gasteiger partial charge >= 0.3 is 5.97 Å². The Morgan fingerprint density at radius 1 is 1.28 bits per heavy atom. The number of halogens is 2. The van der Waals surface area contributed by atoms with Gasteiger partial charge in [0.05, 0.1) is 11.5 Å². The lowest BCUT2D eigenvalue weighted by molar-refractivity contribution is -0.141. The van der Waals surface area contributed by atoms with Crippen molar-refractivity contribution in [2.24, 2.45) is 16.6 Å². The molecule has 0 radical (unpaired) electrons. The standard InChI is InChI=1S/C24H25Br2N3O3/c1-14(24(31)32)8-15-4-3-5-16-13-29(7-6-19(15)16)23(30)22-20(25)9-17(10-21(22)26)18(11-27)12-28-2/h3-5,9-12,14H,6-8,13,27H2,1-2H3,(H,31,32)/t14-/m0/s1. The first-order chi connectivity index (χ1) is 15.3. The van der Waals surface area contributed by atoms with Gasteiger partial charge in [0.2, 0.25) is 0 Å². The summed E-state index contributed by atoms with van der Waals surface area (Å²) in [6.45, 7) is 2.78. The Morgan fingerprint density at radius 3 is 2.56 bits per heavy atom. The number of hydrogen-bond acceptors (Lipinski definition) is 4. The molecule has 2 aromatic rings. The van der Waals surface area contributed by atoms with Crippen molar-refractivity contribution in [3.8, 4) is 0 Å². The lowest BCUT2D eigenvalue weighted by atomic mass is 9.89. The second kappa shape index (κ2) is 10.4. The van der Waals surface area contributed by atoms with Crippen molar-refractivity contribution in [2.45, 2.75) is 26.3 Å². The Kier molecular flexibility index (Phi) is 7.90. The molecule has 32 heavy (non-hydrogen) atoms. The number of nitrogens with two attached hydrogens (primary N) is 1. The van der Waals surface area contributed by atoms with Crippen molar-refractivity contribution >= 4 is 55.5 Å². The maximum Gasteiger partial charge on any atom is 0.306 e. The van der Waals surface area contributed by atoms with E-state index < -0.39 is 11.9 Å². The molecule has 1 aliphatic rings. The van der Waals surface area contributed by atoms with Gasteiger partial charge in [0.15, 0.2) is 0 Å². The van der Waals surface area contributed by atoms with Crippen LogP contribution in [0.25, 0.3) is 5.57 Å². The van der Waals surface area contributed by atoms with E-state index in [9.17, 15) is 14.7 Å². The molecule has 0 saturated heterocycles. The highest BCUT2D eigenvalue weighted by atomic mass is 79.9. The van der Waals surface area contributed by atoms with Crippen LogP contribution in [0.3, 0.4) is 0 Å². The molecule has 3 N–H and O–H groups in total. The number of fused-ring (bicyclic) bond motifs is 1. The molecule has 0 bridgehead atoms. The first-order valence-electron chi connectivity index (χ1n) is 10.2. The zero-order valence-electron chi connectivity index (χ0n) is 17.9. The summed E-state index contributed by atoms with van der Waals surface area (Å²) < 4.78 is 1.34. The molecule has 1 amide bonds. The van der Waals surface area contributed by atoms with Gasteiger partial charge in [-0.2, -0.15) is 0 Å². The van der Waals surface area contributed by atoms with Gasteiger partial charge in [-0.25, -0.2) is 0 Å². The summed E-state index contributed by atoms with van der Waals surface area (Å²) >= 11 is 7.10. The average molecular weight is 563 g/mol. The number of carbonyl (C=O) groups excluding carboxylic acids is 1. The average Bonchev–Trinajstić information content (AvgIpc) is 2.76. The van der Waals surface area contributed by atoms with Gasteiger partial charge in [-0.05, 0) is 79.1 Å². The SMILES string of the molecule is CN=CC(=CN)c1cc(Br)c(C(=O)N2CCc3c(C[C@H](C)C(=O)O)cccc3C2)c(Br)c1. The smallest absolute Gasteiger partial charge is 0.306 e. The minimum Gasteiger partial charge on any atom is -0.481 e. The molecule has 0 aromatic heterocycles. The third kappa shape index (κ3) is 5.13. The number of nitrogens with zero attached hydrogens (tertiary/aromatic N) is 2. The van der Waals surface area contributed by atoms with Crippen molar-refractivity contribution in [2.75, 3.05) is 13.6 Å². The molecule has 1 aliphatic heterocycles. The van der Waals surface area contributed by atoms with Gasteiger partial charge in [-0.1, -0.05) is 25.1 Å². The Labute approximate surface area is 204 Å². The molecule has 2 aromatic carbocycles. The molecular weight excluding hydrogens is 538 g/mol. The van der Waals surface area contributed by atoms with Crippen LogP contribution in [0.2, 0.25) is 0 Å². The normalized spacial score (nSPS) is 15.0. The van der Waals surface area contributed by atoms with Gasteiger partial charge in [0.1, 0.15) is 0 Å². The predicted molar refractivity (Wildman–Crippen MR) is 134 cm³/mol. The molecule has 8 heteroatoms. The first-order valence-corrected chi connectivity index (χ1v) is 11.8. The maximum absolute atomic E-state index is 13.4. The fraction of sp³-hybridized carbons (Fsp3) is 0.292. The Balaban J connectivity index is 1.86. The van der Waals surface area contributed by atoms with Crippen LogP contribution in [-0.2, 0) is 24.2 Å². The number of allylic oxidation sites excluding steroid dienone is 1. The fourth-order valence-corrected chi connectivity index (χ4v) is 5.45. The van der Waals surface area contributed by atoms with Crippen LogP contribution in [0.15, 0.2) is 50.5 Å². The van der Waals surface area contributed by atoms with Crippen LogP contribution in [0.5, 0.6) is 0 Å². The number of aliphatic carboxylic acids is 1. The van der Waals surface area contributed by atoms with E-state index in [1.165, 1.54) is 6.20 Å². The highest BCUT2D eigenvalue weighted by Crippen LogP contribution is 2.33. The molecule has 6 nitrogen and oxygen atoms in total. The molecule has 0 fully saturated rings. The molecule has 0 saturated carbocycles. The van der Waals surface area contributed by atoms with E-state index in [4.69, 9.17) is 5.73 Å². The van der Waals surface area contributed by atoms with E-state index in [0.717, 1.165) is 27.8 Å². The second-order valence-electron chi connectivity index (χ2n) is 7.80. The van der Waals surface area contributed by atoms with Crippen molar-refractivity contribution in [3.63, 3.8) is 0 Å². The summed E-state index contributed by atoms with van der Waals surface area (Å²) in [5, 5.41) is 9.26.